The van der Waals surface area contributed by atoms with Gasteiger partial charge in [-0.25, -0.2) is 4.39 Å². The molecule has 0 radical (unpaired) electrons. The Morgan fingerprint density at radius 2 is 2.18 bits per heavy atom. The van der Waals surface area contributed by atoms with Crippen LogP contribution in [0.25, 0.3) is 10.9 Å². The summed E-state index contributed by atoms with van der Waals surface area (Å²) >= 11 is 1.38. The minimum atomic E-state index is -0.336. The highest BCUT2D eigenvalue weighted by Crippen LogP contribution is 2.23. The number of hydrogen-bond acceptors (Lipinski definition) is 2. The Balaban J connectivity index is 2.18. The number of fused-ring (bicyclic) bond motifs is 1. The van der Waals surface area contributed by atoms with Gasteiger partial charge in [0.25, 0.3) is 0 Å². The number of aromatic nitrogens is 1. The highest BCUT2D eigenvalue weighted by Gasteiger charge is 2.15. The van der Waals surface area contributed by atoms with Crippen LogP contribution in [0.15, 0.2) is 41.9 Å². The molecule has 4 heteroatoms. The summed E-state index contributed by atoms with van der Waals surface area (Å²) in [6.07, 6.45) is 1.63. The number of thiophene rings is 1. The van der Waals surface area contributed by atoms with Crippen molar-refractivity contribution in [1.29, 1.82) is 0 Å². The molecule has 2 heterocycles. The van der Waals surface area contributed by atoms with E-state index in [0.29, 0.717) is 15.8 Å². The maximum absolute atomic E-state index is 13.2. The molecule has 0 unspecified atom stereocenters. The van der Waals surface area contributed by atoms with Gasteiger partial charge in [-0.05, 0) is 29.6 Å². The van der Waals surface area contributed by atoms with E-state index < -0.39 is 0 Å². The number of carbonyl (C=O) groups excluding carboxylic acids is 1. The average Bonchev–Trinajstić information content (AvgIpc) is 2.97. The lowest BCUT2D eigenvalue weighted by Gasteiger charge is -1.96. The number of ketones is 1. The van der Waals surface area contributed by atoms with Crippen LogP contribution in [0.3, 0.4) is 0 Å². The lowest BCUT2D eigenvalue weighted by molar-refractivity contribution is 0.104. The zero-order chi connectivity index (χ0) is 11.8. The van der Waals surface area contributed by atoms with Crippen LogP contribution in [0.5, 0.6) is 0 Å². The SMILES string of the molecule is O=C(c1cccs1)c1c[nH]c2ccc(F)cc12. The quantitative estimate of drug-likeness (QED) is 0.687. The van der Waals surface area contributed by atoms with Crippen LogP contribution < -0.4 is 0 Å². The van der Waals surface area contributed by atoms with Crippen molar-refractivity contribution < 1.29 is 9.18 Å². The Hall–Kier alpha value is -1.94. The molecule has 0 aliphatic rings. The van der Waals surface area contributed by atoms with E-state index in [-0.39, 0.29) is 11.6 Å². The Morgan fingerprint density at radius 3 is 2.94 bits per heavy atom. The topological polar surface area (TPSA) is 32.9 Å². The molecule has 1 aromatic carbocycles. The second-order valence-electron chi connectivity index (χ2n) is 3.70. The van der Waals surface area contributed by atoms with Crippen LogP contribution in [-0.4, -0.2) is 10.8 Å². The van der Waals surface area contributed by atoms with Crippen LogP contribution >= 0.6 is 11.3 Å². The molecule has 1 N–H and O–H groups in total. The summed E-state index contributed by atoms with van der Waals surface area (Å²) in [5.74, 6) is -0.408. The van der Waals surface area contributed by atoms with Gasteiger partial charge in [0.15, 0.2) is 0 Å². The fraction of sp³-hybridized carbons (Fsp3) is 0. The lowest BCUT2D eigenvalue weighted by atomic mass is 10.1. The first-order valence-corrected chi connectivity index (χ1v) is 5.98. The first-order valence-electron chi connectivity index (χ1n) is 5.10. The molecule has 0 saturated heterocycles. The molecule has 0 atom stereocenters. The molecule has 3 rings (SSSR count). The van der Waals surface area contributed by atoms with Crippen molar-refractivity contribution in [1.82, 2.24) is 4.98 Å². The number of aromatic amines is 1. The van der Waals surface area contributed by atoms with Gasteiger partial charge in [0.1, 0.15) is 5.82 Å². The standard InChI is InChI=1S/C13H8FNOS/c14-8-3-4-11-9(6-8)10(7-15-11)13(16)12-2-1-5-17-12/h1-7,15H. The maximum atomic E-state index is 13.2. The van der Waals surface area contributed by atoms with Gasteiger partial charge in [-0.3, -0.25) is 4.79 Å². The van der Waals surface area contributed by atoms with Crippen molar-refractivity contribution in [3.8, 4) is 0 Å². The molecule has 0 fully saturated rings. The summed E-state index contributed by atoms with van der Waals surface area (Å²) in [6, 6.07) is 7.99. The molecule has 2 aromatic heterocycles. The molecule has 3 aromatic rings. The number of nitrogens with one attached hydrogen (secondary N) is 1. The van der Waals surface area contributed by atoms with Gasteiger partial charge in [0.2, 0.25) is 5.78 Å². The Bertz CT molecular complexity index is 685. The van der Waals surface area contributed by atoms with Crippen LogP contribution in [-0.2, 0) is 0 Å². The molecular formula is C13H8FNOS. The first-order chi connectivity index (χ1) is 8.25. The molecule has 0 bridgehead atoms. The largest absolute Gasteiger partial charge is 0.360 e. The van der Waals surface area contributed by atoms with Crippen LogP contribution in [0.1, 0.15) is 15.2 Å². The fourth-order valence-corrected chi connectivity index (χ4v) is 2.50. The van der Waals surface area contributed by atoms with Crippen molar-refractivity contribution in [3.63, 3.8) is 0 Å². The second kappa shape index (κ2) is 3.82. The van der Waals surface area contributed by atoms with E-state index in [1.165, 1.54) is 23.5 Å². The third kappa shape index (κ3) is 1.66. The molecule has 17 heavy (non-hydrogen) atoms. The summed E-state index contributed by atoms with van der Waals surface area (Å²) in [5.41, 5.74) is 1.29. The smallest absolute Gasteiger partial charge is 0.205 e. The van der Waals surface area contributed by atoms with Gasteiger partial charge >= 0.3 is 0 Å². The van der Waals surface area contributed by atoms with Crippen LogP contribution in [0.2, 0.25) is 0 Å². The number of H-pyrrole nitrogens is 1. The van der Waals surface area contributed by atoms with Crippen molar-refractivity contribution in [2.24, 2.45) is 0 Å². The monoisotopic (exact) mass is 245 g/mol. The number of halogens is 1. The summed E-state index contributed by atoms with van der Waals surface area (Å²) in [7, 11) is 0. The highest BCUT2D eigenvalue weighted by molar-refractivity contribution is 7.12. The van der Waals surface area contributed by atoms with Gasteiger partial charge in [-0.1, -0.05) is 6.07 Å². The molecule has 84 valence electrons. The Morgan fingerprint density at radius 1 is 1.29 bits per heavy atom. The number of hydrogen-bond donors (Lipinski definition) is 1. The molecular weight excluding hydrogens is 237 g/mol. The molecule has 2 nitrogen and oxygen atoms in total. The zero-order valence-electron chi connectivity index (χ0n) is 8.74. The molecule has 0 amide bonds. The zero-order valence-corrected chi connectivity index (χ0v) is 9.55. The van der Waals surface area contributed by atoms with Crippen molar-refractivity contribution >= 4 is 28.0 Å². The van der Waals surface area contributed by atoms with E-state index >= 15 is 0 Å². The highest BCUT2D eigenvalue weighted by atomic mass is 32.1. The molecule has 0 aliphatic carbocycles. The number of carbonyl (C=O) groups is 1. The molecule has 0 aliphatic heterocycles. The minimum Gasteiger partial charge on any atom is -0.360 e. The van der Waals surface area contributed by atoms with E-state index in [1.54, 1.807) is 18.3 Å². The Labute approximate surface area is 101 Å². The van der Waals surface area contributed by atoms with E-state index in [1.807, 2.05) is 11.4 Å². The predicted molar refractivity (Wildman–Crippen MR) is 66.0 cm³/mol. The summed E-state index contributed by atoms with van der Waals surface area (Å²) in [6.45, 7) is 0. The lowest BCUT2D eigenvalue weighted by Crippen LogP contribution is -1.96. The van der Waals surface area contributed by atoms with Crippen molar-refractivity contribution in [2.45, 2.75) is 0 Å². The minimum absolute atomic E-state index is 0.0724. The van der Waals surface area contributed by atoms with Crippen LogP contribution in [0.4, 0.5) is 4.39 Å². The van der Waals surface area contributed by atoms with E-state index in [4.69, 9.17) is 0 Å². The van der Waals surface area contributed by atoms with Crippen molar-refractivity contribution in [2.75, 3.05) is 0 Å². The normalized spacial score (nSPS) is 10.9. The molecule has 0 saturated carbocycles. The first kappa shape index (κ1) is 10.2. The average molecular weight is 245 g/mol. The third-order valence-electron chi connectivity index (χ3n) is 2.63. The predicted octanol–water partition coefficient (Wildman–Crippen LogP) is 3.60. The summed E-state index contributed by atoms with van der Waals surface area (Å²) < 4.78 is 13.2. The third-order valence-corrected chi connectivity index (χ3v) is 3.50. The summed E-state index contributed by atoms with van der Waals surface area (Å²) in [5, 5.41) is 2.48. The van der Waals surface area contributed by atoms with Gasteiger partial charge in [0.05, 0.1) is 4.88 Å². The van der Waals surface area contributed by atoms with E-state index in [9.17, 15) is 9.18 Å². The fourth-order valence-electron chi connectivity index (χ4n) is 1.82. The van der Waals surface area contributed by atoms with E-state index in [2.05, 4.69) is 4.98 Å². The van der Waals surface area contributed by atoms with Gasteiger partial charge < -0.3 is 4.98 Å². The number of benzene rings is 1. The van der Waals surface area contributed by atoms with E-state index in [0.717, 1.165) is 5.52 Å². The van der Waals surface area contributed by atoms with Gasteiger partial charge in [0, 0.05) is 22.7 Å². The second-order valence-corrected chi connectivity index (χ2v) is 4.65. The van der Waals surface area contributed by atoms with Crippen molar-refractivity contribution in [3.05, 3.63) is 58.2 Å². The number of rotatable bonds is 2. The van der Waals surface area contributed by atoms with Gasteiger partial charge in [-0.2, -0.15) is 0 Å². The summed E-state index contributed by atoms with van der Waals surface area (Å²) in [4.78, 5) is 15.8. The van der Waals surface area contributed by atoms with Crippen LogP contribution in [0, 0.1) is 5.82 Å². The maximum Gasteiger partial charge on any atom is 0.205 e. The molecule has 0 spiro atoms. The Kier molecular flexibility index (Phi) is 2.30. The van der Waals surface area contributed by atoms with Gasteiger partial charge in [-0.15, -0.1) is 11.3 Å².